The summed E-state index contributed by atoms with van der Waals surface area (Å²) in [5.74, 6) is 2.82. The molecule has 2 aliphatic carbocycles. The second kappa shape index (κ2) is 5.86. The van der Waals surface area contributed by atoms with Crippen LogP contribution >= 0.6 is 0 Å². The molecule has 0 bridgehead atoms. The molecular weight excluding hydrogens is 196 g/mol. The molecule has 0 radical (unpaired) electrons. The van der Waals surface area contributed by atoms with Crippen molar-refractivity contribution >= 4 is 0 Å². The Labute approximate surface area is 100 Å². The fourth-order valence-corrected chi connectivity index (χ4v) is 3.65. The molecule has 16 heavy (non-hydrogen) atoms. The van der Waals surface area contributed by atoms with Crippen LogP contribution in [0.3, 0.4) is 0 Å². The van der Waals surface area contributed by atoms with Gasteiger partial charge in [-0.15, -0.1) is 6.58 Å². The first-order valence-corrected chi connectivity index (χ1v) is 6.98. The zero-order chi connectivity index (χ0) is 11.4. The first-order chi connectivity index (χ1) is 7.83. The molecule has 2 saturated carbocycles. The summed E-state index contributed by atoms with van der Waals surface area (Å²) in [5, 5.41) is 0. The quantitative estimate of drug-likeness (QED) is 0.651. The number of allylic oxidation sites excluding steroid dienone is 1. The van der Waals surface area contributed by atoms with Gasteiger partial charge in [0.1, 0.15) is 0 Å². The molecule has 1 heteroatoms. The van der Waals surface area contributed by atoms with E-state index in [0.29, 0.717) is 6.10 Å². The van der Waals surface area contributed by atoms with Gasteiger partial charge in [0.05, 0.1) is 6.10 Å². The van der Waals surface area contributed by atoms with E-state index in [-0.39, 0.29) is 0 Å². The lowest BCUT2D eigenvalue weighted by Gasteiger charge is -2.37. The van der Waals surface area contributed by atoms with E-state index in [1.807, 2.05) is 7.11 Å². The van der Waals surface area contributed by atoms with E-state index in [0.717, 1.165) is 17.8 Å². The average molecular weight is 222 g/mol. The Balaban J connectivity index is 1.75. The van der Waals surface area contributed by atoms with Crippen molar-refractivity contribution in [1.29, 1.82) is 0 Å². The Morgan fingerprint density at radius 1 is 0.875 bits per heavy atom. The van der Waals surface area contributed by atoms with Crippen LogP contribution in [0.25, 0.3) is 0 Å². The SMILES string of the molecule is C=C[C@H]1CC[C@H]([C@H]2CC[C@H](OC)CC2)CC1. The summed E-state index contributed by atoms with van der Waals surface area (Å²) in [6.07, 6.45) is 13.8. The lowest BCUT2D eigenvalue weighted by Crippen LogP contribution is -2.27. The molecule has 0 atom stereocenters. The fourth-order valence-electron chi connectivity index (χ4n) is 3.65. The van der Waals surface area contributed by atoms with Gasteiger partial charge in [-0.3, -0.25) is 0 Å². The average Bonchev–Trinajstić information content (AvgIpc) is 2.39. The van der Waals surface area contributed by atoms with E-state index in [1.165, 1.54) is 51.4 Å². The highest BCUT2D eigenvalue weighted by atomic mass is 16.5. The maximum Gasteiger partial charge on any atom is 0.0571 e. The molecule has 0 N–H and O–H groups in total. The maximum absolute atomic E-state index is 5.45. The number of ether oxygens (including phenoxy) is 1. The van der Waals surface area contributed by atoms with Gasteiger partial charge in [-0.25, -0.2) is 0 Å². The van der Waals surface area contributed by atoms with Crippen LogP contribution in [0.4, 0.5) is 0 Å². The van der Waals surface area contributed by atoms with Gasteiger partial charge >= 0.3 is 0 Å². The molecule has 92 valence electrons. The molecule has 0 spiro atoms. The van der Waals surface area contributed by atoms with Crippen molar-refractivity contribution in [1.82, 2.24) is 0 Å². The zero-order valence-corrected chi connectivity index (χ0v) is 10.7. The smallest absolute Gasteiger partial charge is 0.0571 e. The summed E-state index contributed by atoms with van der Waals surface area (Å²) in [5.41, 5.74) is 0. The first-order valence-electron chi connectivity index (χ1n) is 6.98. The molecule has 2 fully saturated rings. The maximum atomic E-state index is 5.45. The zero-order valence-electron chi connectivity index (χ0n) is 10.7. The summed E-state index contributed by atoms with van der Waals surface area (Å²) in [6.45, 7) is 3.93. The Kier molecular flexibility index (Phi) is 4.45. The highest BCUT2D eigenvalue weighted by molar-refractivity contribution is 4.87. The monoisotopic (exact) mass is 222 g/mol. The molecule has 0 unspecified atom stereocenters. The van der Waals surface area contributed by atoms with Gasteiger partial charge in [-0.05, 0) is 69.1 Å². The van der Waals surface area contributed by atoms with Crippen LogP contribution in [0, 0.1) is 17.8 Å². The standard InChI is InChI=1S/C15H26O/c1-3-12-4-6-13(7-5-12)14-8-10-15(16-2)11-9-14/h3,12-15H,1,4-11H2,2H3/t12-,13-,14-,15-. The second-order valence-electron chi connectivity index (χ2n) is 5.68. The van der Waals surface area contributed by atoms with Crippen molar-refractivity contribution in [2.75, 3.05) is 7.11 Å². The third kappa shape index (κ3) is 2.88. The minimum absolute atomic E-state index is 0.556. The molecule has 0 aromatic rings. The highest BCUT2D eigenvalue weighted by Crippen LogP contribution is 2.40. The van der Waals surface area contributed by atoms with Crippen LogP contribution in [0.5, 0.6) is 0 Å². The molecule has 0 saturated heterocycles. The molecule has 0 heterocycles. The van der Waals surface area contributed by atoms with E-state index in [2.05, 4.69) is 12.7 Å². The second-order valence-corrected chi connectivity index (χ2v) is 5.68. The molecule has 0 aromatic carbocycles. The van der Waals surface area contributed by atoms with Gasteiger partial charge in [-0.1, -0.05) is 6.08 Å². The van der Waals surface area contributed by atoms with Crippen LogP contribution in [0.2, 0.25) is 0 Å². The van der Waals surface area contributed by atoms with E-state index in [1.54, 1.807) is 0 Å². The third-order valence-corrected chi connectivity index (χ3v) is 4.87. The van der Waals surface area contributed by atoms with Crippen molar-refractivity contribution in [3.05, 3.63) is 12.7 Å². The Hall–Kier alpha value is -0.300. The van der Waals surface area contributed by atoms with Crippen LogP contribution in [0.1, 0.15) is 51.4 Å². The number of hydrogen-bond donors (Lipinski definition) is 0. The summed E-state index contributed by atoms with van der Waals surface area (Å²) in [4.78, 5) is 0. The van der Waals surface area contributed by atoms with Crippen molar-refractivity contribution in [3.8, 4) is 0 Å². The lowest BCUT2D eigenvalue weighted by atomic mass is 9.70. The van der Waals surface area contributed by atoms with Crippen molar-refractivity contribution in [2.45, 2.75) is 57.5 Å². The number of rotatable bonds is 3. The largest absolute Gasteiger partial charge is 0.381 e. The molecule has 0 amide bonds. The first kappa shape index (κ1) is 12.2. The van der Waals surface area contributed by atoms with Crippen LogP contribution in [-0.4, -0.2) is 13.2 Å². The molecular formula is C15H26O. The van der Waals surface area contributed by atoms with E-state index < -0.39 is 0 Å². The topological polar surface area (TPSA) is 9.23 Å². The van der Waals surface area contributed by atoms with Crippen LogP contribution < -0.4 is 0 Å². The minimum Gasteiger partial charge on any atom is -0.381 e. The van der Waals surface area contributed by atoms with E-state index in [4.69, 9.17) is 4.74 Å². The lowest BCUT2D eigenvalue weighted by molar-refractivity contribution is 0.0405. The normalized spacial score (nSPS) is 40.6. The molecule has 2 aliphatic rings. The third-order valence-electron chi connectivity index (χ3n) is 4.87. The van der Waals surface area contributed by atoms with Gasteiger partial charge in [0, 0.05) is 7.11 Å². The Morgan fingerprint density at radius 3 is 1.81 bits per heavy atom. The van der Waals surface area contributed by atoms with Gasteiger partial charge in [0.15, 0.2) is 0 Å². The summed E-state index contributed by atoms with van der Waals surface area (Å²) in [6, 6.07) is 0. The van der Waals surface area contributed by atoms with E-state index in [9.17, 15) is 0 Å². The van der Waals surface area contributed by atoms with Gasteiger partial charge in [0.2, 0.25) is 0 Å². The summed E-state index contributed by atoms with van der Waals surface area (Å²) >= 11 is 0. The fraction of sp³-hybridized carbons (Fsp3) is 0.867. The summed E-state index contributed by atoms with van der Waals surface area (Å²) < 4.78 is 5.45. The van der Waals surface area contributed by atoms with Gasteiger partial charge in [0.25, 0.3) is 0 Å². The van der Waals surface area contributed by atoms with Crippen LogP contribution in [0.15, 0.2) is 12.7 Å². The van der Waals surface area contributed by atoms with Crippen molar-refractivity contribution < 1.29 is 4.74 Å². The minimum atomic E-state index is 0.556. The number of methoxy groups -OCH3 is 1. The molecule has 2 rings (SSSR count). The molecule has 1 nitrogen and oxygen atoms in total. The van der Waals surface area contributed by atoms with Crippen LogP contribution in [-0.2, 0) is 4.74 Å². The van der Waals surface area contributed by atoms with Gasteiger partial charge < -0.3 is 4.74 Å². The highest BCUT2D eigenvalue weighted by Gasteiger charge is 2.29. The van der Waals surface area contributed by atoms with Crippen molar-refractivity contribution in [3.63, 3.8) is 0 Å². The predicted octanol–water partition coefficient (Wildman–Crippen LogP) is 4.18. The molecule has 0 aliphatic heterocycles. The Bertz CT molecular complexity index is 207. The van der Waals surface area contributed by atoms with Gasteiger partial charge in [-0.2, -0.15) is 0 Å². The summed E-state index contributed by atoms with van der Waals surface area (Å²) in [7, 11) is 1.86. The number of hydrogen-bond acceptors (Lipinski definition) is 1. The van der Waals surface area contributed by atoms with Crippen molar-refractivity contribution in [2.24, 2.45) is 17.8 Å². The predicted molar refractivity (Wildman–Crippen MR) is 68.4 cm³/mol. The van der Waals surface area contributed by atoms with E-state index >= 15 is 0 Å². The molecule has 0 aromatic heterocycles. The Morgan fingerprint density at radius 2 is 1.38 bits per heavy atom.